The van der Waals surface area contributed by atoms with Crippen molar-refractivity contribution in [2.45, 2.75) is 17.7 Å². The maximum atomic E-state index is 3.13. The lowest BCUT2D eigenvalue weighted by Crippen LogP contribution is -1.81. The zero-order chi connectivity index (χ0) is 6.81. The maximum absolute atomic E-state index is 3.13. The van der Waals surface area contributed by atoms with Gasteiger partial charge in [0.25, 0.3) is 0 Å². The van der Waals surface area contributed by atoms with Crippen molar-refractivity contribution in [3.8, 4) is 0 Å². The van der Waals surface area contributed by atoms with E-state index in [1.54, 1.807) is 0 Å². The molecule has 1 N–H and O–H groups in total. The van der Waals surface area contributed by atoms with Gasteiger partial charge in [0.05, 0.1) is 0 Å². The number of H-pyrrole nitrogens is 1. The van der Waals surface area contributed by atoms with E-state index in [0.717, 1.165) is 0 Å². The summed E-state index contributed by atoms with van der Waals surface area (Å²) >= 11 is 0. The van der Waals surface area contributed by atoms with Gasteiger partial charge in [-0.3, -0.25) is 0 Å². The second kappa shape index (κ2) is 2.93. The van der Waals surface area contributed by atoms with Crippen LogP contribution in [0.5, 0.6) is 0 Å². The van der Waals surface area contributed by atoms with Gasteiger partial charge in [-0.2, -0.15) is 0 Å². The Kier molecular flexibility index (Phi) is 1.95. The number of aryl methyl sites for hydroxylation is 1. The van der Waals surface area contributed by atoms with Crippen LogP contribution >= 0.6 is 21.6 Å². The summed E-state index contributed by atoms with van der Waals surface area (Å²) in [6, 6.07) is 0. The van der Waals surface area contributed by atoms with Gasteiger partial charge < -0.3 is 4.98 Å². The van der Waals surface area contributed by atoms with E-state index in [4.69, 9.17) is 0 Å². The summed E-state index contributed by atoms with van der Waals surface area (Å²) < 4.78 is 0. The molecule has 1 aromatic heterocycles. The molecule has 0 amide bonds. The Labute approximate surface area is 68.4 Å². The second-order valence-corrected chi connectivity index (χ2v) is 4.81. The fourth-order valence-corrected chi connectivity index (χ4v) is 3.39. The Bertz CT molecular complexity index is 199. The molecule has 0 fully saturated rings. The van der Waals surface area contributed by atoms with Gasteiger partial charge in [-0.25, -0.2) is 0 Å². The Balaban J connectivity index is 2.28. The minimum atomic E-state index is 1.25. The van der Waals surface area contributed by atoms with Gasteiger partial charge in [0.2, 0.25) is 0 Å². The molecule has 0 bridgehead atoms. The van der Waals surface area contributed by atoms with Gasteiger partial charge in [0, 0.05) is 23.0 Å². The average Bonchev–Trinajstić information content (AvgIpc) is 2.28. The first-order valence-corrected chi connectivity index (χ1v) is 5.74. The molecule has 0 spiro atoms. The molecule has 2 heterocycles. The van der Waals surface area contributed by atoms with Crippen molar-refractivity contribution in [1.29, 1.82) is 0 Å². The third-order valence-corrected chi connectivity index (χ3v) is 4.14. The molecule has 3 heteroatoms. The molecule has 10 heavy (non-hydrogen) atoms. The van der Waals surface area contributed by atoms with Gasteiger partial charge >= 0.3 is 0 Å². The molecular weight excluding hydrogens is 162 g/mol. The topological polar surface area (TPSA) is 15.8 Å². The summed E-state index contributed by atoms with van der Waals surface area (Å²) in [5.41, 5.74) is 1.50. The number of rotatable bonds is 0. The van der Waals surface area contributed by atoms with Crippen molar-refractivity contribution in [2.24, 2.45) is 0 Å². The van der Waals surface area contributed by atoms with E-state index >= 15 is 0 Å². The number of aromatic amines is 1. The second-order valence-electron chi connectivity index (χ2n) is 2.35. The highest BCUT2D eigenvalue weighted by Gasteiger charge is 2.08. The summed E-state index contributed by atoms with van der Waals surface area (Å²) in [5.74, 6) is 1.29. The van der Waals surface area contributed by atoms with Crippen LogP contribution in [0.3, 0.4) is 0 Å². The van der Waals surface area contributed by atoms with E-state index in [0.29, 0.717) is 0 Å². The van der Waals surface area contributed by atoms with E-state index in [1.807, 2.05) is 21.6 Å². The highest BCUT2D eigenvalue weighted by Crippen LogP contribution is 2.37. The van der Waals surface area contributed by atoms with Gasteiger partial charge in [0.1, 0.15) is 0 Å². The quantitative estimate of drug-likeness (QED) is 0.604. The van der Waals surface area contributed by atoms with E-state index in [-0.39, 0.29) is 0 Å². The molecule has 0 saturated carbocycles. The molecule has 2 rings (SSSR count). The molecule has 0 aromatic carbocycles. The smallest absolute Gasteiger partial charge is 0.0389 e. The Hall–Kier alpha value is -0.0200. The van der Waals surface area contributed by atoms with E-state index in [1.165, 1.54) is 29.1 Å². The minimum absolute atomic E-state index is 1.25. The summed E-state index contributed by atoms with van der Waals surface area (Å²) in [6.45, 7) is 0. The van der Waals surface area contributed by atoms with Crippen LogP contribution in [0.15, 0.2) is 17.3 Å². The van der Waals surface area contributed by atoms with Gasteiger partial charge in [-0.05, 0) is 18.4 Å². The zero-order valence-electron chi connectivity index (χ0n) is 5.59. The molecule has 1 nitrogen and oxygen atoms in total. The van der Waals surface area contributed by atoms with Gasteiger partial charge in [-0.15, -0.1) is 0 Å². The van der Waals surface area contributed by atoms with Crippen LogP contribution in [0.1, 0.15) is 12.0 Å². The third-order valence-electron chi connectivity index (χ3n) is 1.61. The molecule has 0 saturated heterocycles. The predicted octanol–water partition coefficient (Wildman–Crippen LogP) is 2.70. The van der Waals surface area contributed by atoms with Crippen LogP contribution in [0.4, 0.5) is 0 Å². The lowest BCUT2D eigenvalue weighted by atomic mass is 10.2. The molecular formula is C7H9NS2. The number of fused-ring (bicyclic) bond motifs is 1. The van der Waals surface area contributed by atoms with E-state index < -0.39 is 0 Å². The first kappa shape index (κ1) is 6.68. The van der Waals surface area contributed by atoms with Crippen molar-refractivity contribution in [3.05, 3.63) is 18.0 Å². The van der Waals surface area contributed by atoms with Crippen LogP contribution in [0.25, 0.3) is 0 Å². The average molecular weight is 171 g/mol. The molecule has 0 radical (unpaired) electrons. The van der Waals surface area contributed by atoms with Crippen LogP contribution < -0.4 is 0 Å². The summed E-state index contributed by atoms with van der Waals surface area (Å²) in [4.78, 5) is 4.57. The van der Waals surface area contributed by atoms with Crippen molar-refractivity contribution in [3.63, 3.8) is 0 Å². The molecule has 0 unspecified atom stereocenters. The molecule has 0 aliphatic carbocycles. The number of hydrogen-bond donors (Lipinski definition) is 1. The Morgan fingerprint density at radius 1 is 1.40 bits per heavy atom. The van der Waals surface area contributed by atoms with Crippen LogP contribution in [-0.2, 0) is 6.42 Å². The lowest BCUT2D eigenvalue weighted by Gasteiger charge is -1.91. The minimum Gasteiger partial charge on any atom is -0.366 e. The fraction of sp³-hybridized carbons (Fsp3) is 0.429. The first-order chi connectivity index (χ1) is 4.97. The standard InChI is InChI=1S/C7H9NS2/c1-2-6-4-8-5-7(6)10-9-3-1/h4-5,8H,1-3H2. The van der Waals surface area contributed by atoms with Gasteiger partial charge in [-0.1, -0.05) is 21.6 Å². The Morgan fingerprint density at radius 3 is 3.40 bits per heavy atom. The monoisotopic (exact) mass is 171 g/mol. The van der Waals surface area contributed by atoms with E-state index in [9.17, 15) is 0 Å². The molecule has 1 aliphatic rings. The van der Waals surface area contributed by atoms with Crippen molar-refractivity contribution >= 4 is 21.6 Å². The van der Waals surface area contributed by atoms with Crippen LogP contribution in [0.2, 0.25) is 0 Å². The predicted molar refractivity (Wildman–Crippen MR) is 47.4 cm³/mol. The number of nitrogens with one attached hydrogen (secondary N) is 1. The molecule has 1 aliphatic heterocycles. The fourth-order valence-electron chi connectivity index (χ4n) is 1.08. The summed E-state index contributed by atoms with van der Waals surface area (Å²) in [6.07, 6.45) is 6.79. The normalized spacial score (nSPS) is 18.0. The lowest BCUT2D eigenvalue weighted by molar-refractivity contribution is 0.923. The maximum Gasteiger partial charge on any atom is 0.0389 e. The molecule has 54 valence electrons. The number of hydrogen-bond acceptors (Lipinski definition) is 2. The zero-order valence-corrected chi connectivity index (χ0v) is 7.23. The molecule has 0 atom stereocenters. The van der Waals surface area contributed by atoms with Crippen molar-refractivity contribution < 1.29 is 0 Å². The summed E-state index contributed by atoms with van der Waals surface area (Å²) in [7, 11) is 3.86. The third kappa shape index (κ3) is 1.20. The Morgan fingerprint density at radius 2 is 2.40 bits per heavy atom. The highest BCUT2D eigenvalue weighted by atomic mass is 33.1. The first-order valence-electron chi connectivity index (χ1n) is 3.42. The van der Waals surface area contributed by atoms with Crippen LogP contribution in [0, 0.1) is 0 Å². The van der Waals surface area contributed by atoms with Crippen molar-refractivity contribution in [2.75, 3.05) is 5.75 Å². The largest absolute Gasteiger partial charge is 0.366 e. The molecule has 1 aromatic rings. The van der Waals surface area contributed by atoms with E-state index in [2.05, 4.69) is 17.4 Å². The summed E-state index contributed by atoms with van der Waals surface area (Å²) in [5, 5.41) is 0. The highest BCUT2D eigenvalue weighted by molar-refractivity contribution is 8.76. The van der Waals surface area contributed by atoms with Crippen LogP contribution in [-0.4, -0.2) is 10.7 Å². The van der Waals surface area contributed by atoms with Crippen molar-refractivity contribution in [1.82, 2.24) is 4.98 Å². The SMILES string of the molecule is c1[nH]cc2c1CCCSS2. The van der Waals surface area contributed by atoms with Gasteiger partial charge in [0.15, 0.2) is 0 Å². The number of aromatic nitrogens is 1.